The highest BCUT2D eigenvalue weighted by Crippen LogP contribution is 2.47. The molecule has 166 valence electrons. The van der Waals surface area contributed by atoms with E-state index in [0.29, 0.717) is 28.6 Å². The first-order valence-electron chi connectivity index (χ1n) is 11.0. The van der Waals surface area contributed by atoms with Crippen LogP contribution in [0.15, 0.2) is 16.9 Å². The van der Waals surface area contributed by atoms with Gasteiger partial charge in [0.25, 0.3) is 11.5 Å². The van der Waals surface area contributed by atoms with Gasteiger partial charge in [-0.25, -0.2) is 4.68 Å². The highest BCUT2D eigenvalue weighted by molar-refractivity contribution is 6.37. The molecule has 7 nitrogen and oxygen atoms in total. The molecule has 3 aromatic rings. The number of hydrogen-bond donors (Lipinski definition) is 1. The van der Waals surface area contributed by atoms with Crippen LogP contribution in [0, 0.1) is 20.8 Å². The SMILES string of the molecule is Cc1cc(C)c(CN2CCc3c(C4CC4)cc(-c4c(C)nnn4C)c(Cl)c3C2=O)c(=O)[nH]1. The fourth-order valence-electron chi connectivity index (χ4n) is 4.90. The Kier molecular flexibility index (Phi) is 4.97. The molecule has 2 aliphatic rings. The molecule has 1 amide bonds. The molecule has 0 atom stereocenters. The lowest BCUT2D eigenvalue weighted by Gasteiger charge is -2.31. The minimum atomic E-state index is -0.142. The van der Waals surface area contributed by atoms with Crippen LogP contribution < -0.4 is 5.56 Å². The normalized spacial score (nSPS) is 15.9. The standard InChI is InChI=1S/C24H26ClN5O2/c1-12-9-13(2)26-23(31)19(12)11-30-8-7-16-17(15-5-6-15)10-18(21(25)20(16)24(30)32)22-14(3)27-28-29(22)4/h9-10,15H,5-8,11H2,1-4H3,(H,26,31). The van der Waals surface area contributed by atoms with E-state index >= 15 is 0 Å². The predicted molar refractivity (Wildman–Crippen MR) is 123 cm³/mol. The van der Waals surface area contributed by atoms with Gasteiger partial charge in [-0.15, -0.1) is 5.10 Å². The van der Waals surface area contributed by atoms with Crippen molar-refractivity contribution in [3.8, 4) is 11.3 Å². The van der Waals surface area contributed by atoms with Gasteiger partial charge in [-0.05, 0) is 74.8 Å². The van der Waals surface area contributed by atoms with Crippen molar-refractivity contribution in [2.75, 3.05) is 6.54 Å². The maximum atomic E-state index is 13.7. The lowest BCUT2D eigenvalue weighted by molar-refractivity contribution is 0.0726. The van der Waals surface area contributed by atoms with Crippen molar-refractivity contribution in [3.05, 3.63) is 66.7 Å². The Bertz CT molecular complexity index is 1300. The summed E-state index contributed by atoms with van der Waals surface area (Å²) in [6.45, 7) is 6.51. The van der Waals surface area contributed by atoms with E-state index in [1.807, 2.05) is 33.9 Å². The Hall–Kier alpha value is -2.93. The van der Waals surface area contributed by atoms with Crippen molar-refractivity contribution in [1.82, 2.24) is 24.9 Å². The smallest absolute Gasteiger partial charge is 0.255 e. The average molecular weight is 452 g/mol. The van der Waals surface area contributed by atoms with Crippen molar-refractivity contribution < 1.29 is 4.79 Å². The largest absolute Gasteiger partial charge is 0.334 e. The molecule has 5 rings (SSSR count). The summed E-state index contributed by atoms with van der Waals surface area (Å²) in [7, 11) is 1.84. The summed E-state index contributed by atoms with van der Waals surface area (Å²) in [4.78, 5) is 30.9. The third kappa shape index (κ3) is 3.35. The van der Waals surface area contributed by atoms with Gasteiger partial charge in [0.15, 0.2) is 0 Å². The second-order valence-electron chi connectivity index (χ2n) is 9.02. The van der Waals surface area contributed by atoms with Crippen LogP contribution in [0.3, 0.4) is 0 Å². The van der Waals surface area contributed by atoms with Crippen molar-refractivity contribution in [1.29, 1.82) is 0 Å². The molecule has 1 saturated carbocycles. The molecular weight excluding hydrogens is 426 g/mol. The number of benzene rings is 1. The third-order valence-electron chi connectivity index (χ3n) is 6.65. The summed E-state index contributed by atoms with van der Waals surface area (Å²) in [5.74, 6) is 0.356. The number of fused-ring (bicyclic) bond motifs is 1. The molecule has 0 bridgehead atoms. The first-order chi connectivity index (χ1) is 15.3. The highest BCUT2D eigenvalue weighted by atomic mass is 35.5. The Morgan fingerprint density at radius 3 is 2.56 bits per heavy atom. The highest BCUT2D eigenvalue weighted by Gasteiger charge is 2.36. The minimum absolute atomic E-state index is 0.118. The zero-order chi connectivity index (χ0) is 22.7. The van der Waals surface area contributed by atoms with Gasteiger partial charge in [0.1, 0.15) is 0 Å². The van der Waals surface area contributed by atoms with E-state index in [1.165, 1.54) is 5.56 Å². The van der Waals surface area contributed by atoms with Gasteiger partial charge in [0, 0.05) is 30.4 Å². The molecule has 1 aliphatic carbocycles. The Morgan fingerprint density at radius 1 is 1.19 bits per heavy atom. The monoisotopic (exact) mass is 451 g/mol. The number of rotatable bonds is 4. The molecule has 0 saturated heterocycles. The zero-order valence-corrected chi connectivity index (χ0v) is 19.5. The Labute approximate surface area is 191 Å². The minimum Gasteiger partial charge on any atom is -0.334 e. The van der Waals surface area contributed by atoms with Crippen LogP contribution in [0.2, 0.25) is 5.02 Å². The molecule has 3 heterocycles. The van der Waals surface area contributed by atoms with Gasteiger partial charge in [-0.1, -0.05) is 16.8 Å². The van der Waals surface area contributed by atoms with E-state index in [-0.39, 0.29) is 18.0 Å². The average Bonchev–Trinajstić information content (AvgIpc) is 3.52. The molecule has 1 aliphatic heterocycles. The van der Waals surface area contributed by atoms with Crippen molar-refractivity contribution in [2.45, 2.75) is 52.5 Å². The third-order valence-corrected chi connectivity index (χ3v) is 7.04. The van der Waals surface area contributed by atoms with Crippen molar-refractivity contribution >= 4 is 17.5 Å². The first kappa shape index (κ1) is 20.9. The maximum absolute atomic E-state index is 13.7. The van der Waals surface area contributed by atoms with Crippen LogP contribution in [0.5, 0.6) is 0 Å². The number of nitrogens with zero attached hydrogens (tertiary/aromatic N) is 4. The fraction of sp³-hybridized carbons (Fsp3) is 0.417. The van der Waals surface area contributed by atoms with E-state index in [4.69, 9.17) is 11.6 Å². The van der Waals surface area contributed by atoms with Gasteiger partial charge < -0.3 is 9.88 Å². The number of aromatic amines is 1. The van der Waals surface area contributed by atoms with E-state index in [0.717, 1.165) is 53.0 Å². The molecule has 0 radical (unpaired) electrons. The van der Waals surface area contributed by atoms with E-state index in [1.54, 1.807) is 9.58 Å². The zero-order valence-electron chi connectivity index (χ0n) is 18.8. The second-order valence-corrected chi connectivity index (χ2v) is 9.40. The maximum Gasteiger partial charge on any atom is 0.255 e. The predicted octanol–water partition coefficient (Wildman–Crippen LogP) is 3.82. The number of amides is 1. The number of aryl methyl sites for hydroxylation is 4. The molecule has 1 N–H and O–H groups in total. The van der Waals surface area contributed by atoms with Crippen LogP contribution in [-0.2, 0) is 20.0 Å². The molecule has 32 heavy (non-hydrogen) atoms. The number of aromatic nitrogens is 4. The van der Waals surface area contributed by atoms with Gasteiger partial charge >= 0.3 is 0 Å². The molecule has 1 fully saturated rings. The summed E-state index contributed by atoms with van der Waals surface area (Å²) in [6.07, 6.45) is 3.00. The number of carbonyl (C=O) groups excluding carboxylic acids is 1. The van der Waals surface area contributed by atoms with Crippen LogP contribution in [0.25, 0.3) is 11.3 Å². The number of nitrogens with one attached hydrogen (secondary N) is 1. The molecule has 0 unspecified atom stereocenters. The molecule has 0 spiro atoms. The Balaban J connectivity index is 1.61. The van der Waals surface area contributed by atoms with Gasteiger partial charge in [0.05, 0.1) is 28.5 Å². The summed E-state index contributed by atoms with van der Waals surface area (Å²) >= 11 is 6.92. The van der Waals surface area contributed by atoms with Gasteiger partial charge in [-0.3, -0.25) is 9.59 Å². The lowest BCUT2D eigenvalue weighted by Crippen LogP contribution is -2.39. The van der Waals surface area contributed by atoms with Crippen LogP contribution >= 0.6 is 11.6 Å². The van der Waals surface area contributed by atoms with Crippen molar-refractivity contribution in [3.63, 3.8) is 0 Å². The topological polar surface area (TPSA) is 83.9 Å². The second kappa shape index (κ2) is 7.59. The molecule has 2 aromatic heterocycles. The fourth-order valence-corrected chi connectivity index (χ4v) is 5.24. The summed E-state index contributed by atoms with van der Waals surface area (Å²) < 4.78 is 1.71. The summed E-state index contributed by atoms with van der Waals surface area (Å²) in [6, 6.07) is 4.08. The molecule has 1 aromatic carbocycles. The summed E-state index contributed by atoms with van der Waals surface area (Å²) in [5.41, 5.74) is 7.44. The van der Waals surface area contributed by atoms with Gasteiger partial charge in [-0.2, -0.15) is 0 Å². The van der Waals surface area contributed by atoms with Crippen molar-refractivity contribution in [2.24, 2.45) is 7.05 Å². The number of halogens is 1. The number of pyridine rings is 1. The van der Waals surface area contributed by atoms with Crippen LogP contribution in [0.4, 0.5) is 0 Å². The number of H-pyrrole nitrogens is 1. The van der Waals surface area contributed by atoms with Crippen LogP contribution in [-0.4, -0.2) is 37.3 Å². The summed E-state index contributed by atoms with van der Waals surface area (Å²) in [5, 5.41) is 8.75. The quantitative estimate of drug-likeness (QED) is 0.653. The Morgan fingerprint density at radius 2 is 1.94 bits per heavy atom. The lowest BCUT2D eigenvalue weighted by atomic mass is 9.88. The van der Waals surface area contributed by atoms with Gasteiger partial charge in [0.2, 0.25) is 0 Å². The number of carbonyl (C=O) groups is 1. The van der Waals surface area contributed by atoms with E-state index < -0.39 is 0 Å². The number of hydrogen-bond acceptors (Lipinski definition) is 4. The van der Waals surface area contributed by atoms with E-state index in [2.05, 4.69) is 21.4 Å². The molecule has 8 heteroatoms. The first-order valence-corrected chi connectivity index (χ1v) is 11.3. The molecular formula is C24H26ClN5O2. The van der Waals surface area contributed by atoms with Crippen LogP contribution in [0.1, 0.15) is 62.8 Å². The van der Waals surface area contributed by atoms with E-state index in [9.17, 15) is 9.59 Å².